The molecule has 0 aromatic carbocycles. The van der Waals surface area contributed by atoms with Crippen molar-refractivity contribution in [1.29, 1.82) is 0 Å². The summed E-state index contributed by atoms with van der Waals surface area (Å²) < 4.78 is 42.4. The summed E-state index contributed by atoms with van der Waals surface area (Å²) in [6.45, 7) is 26.3. The van der Waals surface area contributed by atoms with Gasteiger partial charge in [0.2, 0.25) is 0 Å². The fraction of sp³-hybridized carbons (Fsp3) is 1.00. The zero-order valence-corrected chi connectivity index (χ0v) is 34.9. The Morgan fingerprint density at radius 1 is 0.452 bits per heavy atom. The van der Waals surface area contributed by atoms with Crippen LogP contribution in [0.1, 0.15) is 71.1 Å². The van der Waals surface area contributed by atoms with Crippen LogP contribution in [0.2, 0.25) is 71.0 Å². The van der Waals surface area contributed by atoms with Crippen molar-refractivity contribution in [3.8, 4) is 0 Å². The molecule has 0 rings (SSSR count). The van der Waals surface area contributed by atoms with Gasteiger partial charge in [0, 0.05) is 61.5 Å². The minimum absolute atomic E-state index is 0.864. The van der Waals surface area contributed by atoms with Gasteiger partial charge in [-0.15, -0.1) is 0 Å². The van der Waals surface area contributed by atoms with Gasteiger partial charge in [-0.2, -0.15) is 0 Å². The number of ether oxygens (including phenoxy) is 3. The van der Waals surface area contributed by atoms with Gasteiger partial charge in [-0.3, -0.25) is 0 Å². The highest BCUT2D eigenvalue weighted by Gasteiger charge is 2.13. The summed E-state index contributed by atoms with van der Waals surface area (Å²) in [5, 5.41) is 0. The molecule has 11 heteroatoms. The molecule has 258 valence electrons. The molecule has 0 fully saturated rings. The van der Waals surface area contributed by atoms with Crippen molar-refractivity contribution < 1.29 is 32.0 Å². The van der Waals surface area contributed by atoms with Crippen LogP contribution in [-0.2, 0) is 32.0 Å². The van der Waals surface area contributed by atoms with Gasteiger partial charge in [0.25, 0.3) is 8.68 Å². The SMILES string of the molecule is CC[Si](=O)CCCCCCOC.COCCCCCO[Si](C)(C)C.COCCCCCO[Si](C)(C)C.CO[Si](C)(C)C. The zero-order valence-electron chi connectivity index (χ0n) is 30.9. The van der Waals surface area contributed by atoms with E-state index in [1.807, 2.05) is 6.92 Å². The number of hydrogen-bond acceptors (Lipinski definition) is 7. The predicted molar refractivity (Wildman–Crippen MR) is 192 cm³/mol. The van der Waals surface area contributed by atoms with E-state index in [9.17, 15) is 4.46 Å². The Morgan fingerprint density at radius 3 is 1.00 bits per heavy atom. The van der Waals surface area contributed by atoms with E-state index in [-0.39, 0.29) is 0 Å². The molecule has 0 aliphatic rings. The van der Waals surface area contributed by atoms with Gasteiger partial charge >= 0.3 is 0 Å². The second-order valence-corrected chi connectivity index (χ2v) is 29.3. The van der Waals surface area contributed by atoms with Gasteiger partial charge < -0.3 is 32.0 Å². The molecule has 0 spiro atoms. The van der Waals surface area contributed by atoms with E-state index in [4.69, 9.17) is 27.5 Å². The zero-order chi connectivity index (χ0) is 33.3. The largest absolute Gasteiger partial charge is 0.421 e. The van der Waals surface area contributed by atoms with E-state index >= 15 is 0 Å². The van der Waals surface area contributed by atoms with Gasteiger partial charge in [-0.1, -0.05) is 19.8 Å². The minimum atomic E-state index is -1.26. The quantitative estimate of drug-likeness (QED) is 0.0791. The van der Waals surface area contributed by atoms with Crippen LogP contribution in [0, 0.1) is 0 Å². The van der Waals surface area contributed by atoms with Crippen molar-refractivity contribution in [2.75, 3.05) is 61.5 Å². The topological polar surface area (TPSA) is 72.5 Å². The van der Waals surface area contributed by atoms with Crippen LogP contribution in [0.15, 0.2) is 0 Å². The van der Waals surface area contributed by atoms with Gasteiger partial charge in [0.1, 0.15) is 0 Å². The maximum absolute atomic E-state index is 11.1. The standard InChI is InChI=1S/2C9H22O2Si.C9H20O2Si.C4H12OSi/c2*1-10-8-6-5-7-9-11-12(2,3)4;1-3-12(10)9-7-5-4-6-8-11-2;1-5-6(2,3)4/h2*5-9H2,1-4H3;3-9H2,1-2H3;1-4H3. The molecule has 0 aliphatic heterocycles. The van der Waals surface area contributed by atoms with Gasteiger partial charge in [0.05, 0.1) is 0 Å². The lowest BCUT2D eigenvalue weighted by Crippen LogP contribution is -2.25. The number of rotatable bonds is 23. The summed E-state index contributed by atoms with van der Waals surface area (Å²) in [5.74, 6) is 0. The van der Waals surface area contributed by atoms with E-state index in [0.717, 1.165) is 70.8 Å². The Morgan fingerprint density at radius 2 is 0.738 bits per heavy atom. The monoisotopic (exact) mass is 672 g/mol. The molecular weight excluding hydrogens is 597 g/mol. The first-order valence-corrected chi connectivity index (χ1v) is 28.4. The smallest absolute Gasteiger partial charge is 0.276 e. The Bertz CT molecular complexity index is 509. The summed E-state index contributed by atoms with van der Waals surface area (Å²) in [5.41, 5.74) is 0. The normalized spacial score (nSPS) is 11.5. The van der Waals surface area contributed by atoms with E-state index in [1.165, 1.54) is 38.5 Å². The van der Waals surface area contributed by atoms with Gasteiger partial charge in [0.15, 0.2) is 25.0 Å². The van der Waals surface area contributed by atoms with Crippen molar-refractivity contribution in [3.63, 3.8) is 0 Å². The summed E-state index contributed by atoms with van der Waals surface area (Å²) in [7, 11) is 2.15. The maximum atomic E-state index is 11.1. The van der Waals surface area contributed by atoms with Crippen LogP contribution >= 0.6 is 0 Å². The van der Waals surface area contributed by atoms with Crippen LogP contribution in [0.25, 0.3) is 0 Å². The van der Waals surface area contributed by atoms with Crippen molar-refractivity contribution in [2.45, 2.75) is 142 Å². The molecule has 0 saturated heterocycles. The maximum Gasteiger partial charge on any atom is 0.276 e. The second kappa shape index (κ2) is 34.3. The highest BCUT2D eigenvalue weighted by atomic mass is 28.4. The Kier molecular flexibility index (Phi) is 40.3. The third-order valence-corrected chi connectivity index (χ3v) is 10.7. The molecule has 0 saturated carbocycles. The Hall–Kier alpha value is 0.428. The predicted octanol–water partition coefficient (Wildman–Crippen LogP) is 9.41. The second-order valence-electron chi connectivity index (χ2n) is 13.4. The summed E-state index contributed by atoms with van der Waals surface area (Å²) in [6.07, 6.45) is 11.8. The average Bonchev–Trinajstić information content (AvgIpc) is 2.89. The summed E-state index contributed by atoms with van der Waals surface area (Å²) >= 11 is 0. The molecular formula is C31H76O7Si4. The van der Waals surface area contributed by atoms with E-state index in [2.05, 4.69) is 58.9 Å². The molecule has 0 amide bonds. The lowest BCUT2D eigenvalue weighted by atomic mass is 10.2. The van der Waals surface area contributed by atoms with Crippen molar-refractivity contribution in [2.24, 2.45) is 0 Å². The molecule has 0 aliphatic carbocycles. The molecule has 42 heavy (non-hydrogen) atoms. The highest BCUT2D eigenvalue weighted by Crippen LogP contribution is 2.07. The minimum Gasteiger partial charge on any atom is -0.421 e. The number of methoxy groups -OCH3 is 3. The fourth-order valence-electron chi connectivity index (χ4n) is 2.91. The molecule has 7 nitrogen and oxygen atoms in total. The van der Waals surface area contributed by atoms with E-state index in [0.29, 0.717) is 0 Å². The Labute approximate surface area is 268 Å². The third-order valence-electron chi connectivity index (χ3n) is 5.62. The summed E-state index contributed by atoms with van der Waals surface area (Å²) in [4.78, 5) is 0. The third kappa shape index (κ3) is 63.6. The van der Waals surface area contributed by atoms with Crippen LogP contribution in [0.5, 0.6) is 0 Å². The molecule has 0 unspecified atom stereocenters. The Balaban J connectivity index is -0.000000235. The number of hydrogen-bond donors (Lipinski definition) is 0. The first kappa shape index (κ1) is 49.3. The lowest BCUT2D eigenvalue weighted by Gasteiger charge is -2.16. The fourth-order valence-corrected chi connectivity index (χ4v) is 5.42. The molecule has 0 bridgehead atoms. The van der Waals surface area contributed by atoms with Crippen LogP contribution < -0.4 is 0 Å². The van der Waals surface area contributed by atoms with Gasteiger partial charge in [-0.05, 0) is 122 Å². The van der Waals surface area contributed by atoms with Crippen molar-refractivity contribution >= 4 is 33.6 Å². The molecule has 0 heterocycles. The van der Waals surface area contributed by atoms with Crippen molar-refractivity contribution in [1.82, 2.24) is 0 Å². The van der Waals surface area contributed by atoms with Crippen molar-refractivity contribution in [3.05, 3.63) is 0 Å². The molecule has 0 aromatic rings. The molecule has 0 radical (unpaired) electrons. The summed E-state index contributed by atoms with van der Waals surface area (Å²) in [6, 6.07) is 1.83. The first-order valence-electron chi connectivity index (χ1n) is 16.3. The molecule has 0 N–H and O–H groups in total. The number of unbranched alkanes of at least 4 members (excludes halogenated alkanes) is 7. The van der Waals surface area contributed by atoms with E-state index < -0.39 is 33.6 Å². The molecule has 0 atom stereocenters. The van der Waals surface area contributed by atoms with E-state index in [1.54, 1.807) is 28.4 Å². The lowest BCUT2D eigenvalue weighted by molar-refractivity contribution is 0.188. The van der Waals surface area contributed by atoms with Crippen LogP contribution in [-0.4, -0.2) is 95.1 Å². The highest BCUT2D eigenvalue weighted by molar-refractivity contribution is 6.70. The average molecular weight is 673 g/mol. The van der Waals surface area contributed by atoms with Crippen LogP contribution in [0.3, 0.4) is 0 Å². The first-order chi connectivity index (χ1) is 19.5. The van der Waals surface area contributed by atoms with Gasteiger partial charge in [-0.25, -0.2) is 0 Å². The van der Waals surface area contributed by atoms with Crippen LogP contribution in [0.4, 0.5) is 0 Å². The molecule has 0 aromatic heterocycles.